The van der Waals surface area contributed by atoms with Crippen molar-refractivity contribution < 1.29 is 19.5 Å². The molecule has 1 atom stereocenters. The normalized spacial score (nSPS) is 11.2. The van der Waals surface area contributed by atoms with Gasteiger partial charge in [0.2, 0.25) is 0 Å². The summed E-state index contributed by atoms with van der Waals surface area (Å²) in [5.41, 5.74) is 0.736. The number of carboxylic acids is 1. The highest BCUT2D eigenvalue weighted by atomic mass is 16.4. The second-order valence-electron chi connectivity index (χ2n) is 5.20. The van der Waals surface area contributed by atoms with Crippen molar-refractivity contribution in [3.8, 4) is 0 Å². The van der Waals surface area contributed by atoms with Gasteiger partial charge in [-0.2, -0.15) is 0 Å². The summed E-state index contributed by atoms with van der Waals surface area (Å²) >= 11 is 0. The summed E-state index contributed by atoms with van der Waals surface area (Å²) in [6.07, 6.45) is 1.40. The first kappa shape index (κ1) is 17.9. The maximum Gasteiger partial charge on any atom is 0.330 e. The van der Waals surface area contributed by atoms with E-state index in [4.69, 9.17) is 0 Å². The molecular weight excluding hydrogens is 320 g/mol. The third kappa shape index (κ3) is 4.54. The standard InChI is InChI=1S/C19H18N2O4/c1-2-13-21(17(22)15-11-7-4-8-12-15)19(25)20-16(18(23)24)14-9-5-3-6-10-14/h2-12,16H,1,13H2,(H,20,25)(H,23,24). The van der Waals surface area contributed by atoms with Crippen LogP contribution in [0.15, 0.2) is 73.3 Å². The maximum absolute atomic E-state index is 12.5. The summed E-state index contributed by atoms with van der Waals surface area (Å²) < 4.78 is 0. The molecule has 0 spiro atoms. The van der Waals surface area contributed by atoms with Crippen LogP contribution >= 0.6 is 0 Å². The number of imide groups is 1. The smallest absolute Gasteiger partial charge is 0.330 e. The number of benzene rings is 2. The molecular formula is C19H18N2O4. The number of nitrogens with zero attached hydrogens (tertiary/aromatic N) is 1. The van der Waals surface area contributed by atoms with Crippen LogP contribution in [0.3, 0.4) is 0 Å². The van der Waals surface area contributed by atoms with Gasteiger partial charge in [0.05, 0.1) is 0 Å². The fraction of sp³-hybridized carbons (Fsp3) is 0.105. The van der Waals surface area contributed by atoms with Crippen molar-refractivity contribution in [2.24, 2.45) is 0 Å². The predicted octanol–water partition coefficient (Wildman–Crippen LogP) is 2.85. The fourth-order valence-electron chi connectivity index (χ4n) is 2.26. The van der Waals surface area contributed by atoms with Crippen molar-refractivity contribution in [3.05, 3.63) is 84.4 Å². The van der Waals surface area contributed by atoms with E-state index in [9.17, 15) is 19.5 Å². The molecule has 0 aliphatic rings. The average Bonchev–Trinajstić information content (AvgIpc) is 2.64. The van der Waals surface area contributed by atoms with Gasteiger partial charge < -0.3 is 10.4 Å². The van der Waals surface area contributed by atoms with Crippen LogP contribution in [0.5, 0.6) is 0 Å². The summed E-state index contributed by atoms with van der Waals surface area (Å²) in [5, 5.41) is 11.8. The van der Waals surface area contributed by atoms with Gasteiger partial charge in [0.1, 0.15) is 0 Å². The van der Waals surface area contributed by atoms with E-state index >= 15 is 0 Å². The number of amides is 3. The largest absolute Gasteiger partial charge is 0.479 e. The molecule has 0 aliphatic heterocycles. The highest BCUT2D eigenvalue weighted by Gasteiger charge is 2.27. The number of aliphatic carboxylic acids is 1. The summed E-state index contributed by atoms with van der Waals surface area (Å²) in [4.78, 5) is 37.5. The molecule has 2 N–H and O–H groups in total. The number of rotatable bonds is 6. The van der Waals surface area contributed by atoms with E-state index < -0.39 is 23.9 Å². The van der Waals surface area contributed by atoms with Gasteiger partial charge >= 0.3 is 12.0 Å². The summed E-state index contributed by atoms with van der Waals surface area (Å²) in [6.45, 7) is 3.50. The molecule has 0 saturated carbocycles. The van der Waals surface area contributed by atoms with Crippen molar-refractivity contribution in [1.82, 2.24) is 10.2 Å². The summed E-state index contributed by atoms with van der Waals surface area (Å²) in [5.74, 6) is -1.75. The van der Waals surface area contributed by atoms with E-state index in [1.54, 1.807) is 60.7 Å². The van der Waals surface area contributed by atoms with Gasteiger partial charge in [-0.15, -0.1) is 6.58 Å². The molecule has 0 bridgehead atoms. The Labute approximate surface area is 145 Å². The van der Waals surface area contributed by atoms with Crippen molar-refractivity contribution in [2.75, 3.05) is 6.54 Å². The molecule has 1 unspecified atom stereocenters. The Kier molecular flexibility index (Phi) is 6.06. The Bertz CT molecular complexity index is 760. The molecule has 6 nitrogen and oxygen atoms in total. The monoisotopic (exact) mass is 338 g/mol. The molecule has 2 rings (SSSR count). The molecule has 0 aromatic heterocycles. The Hall–Kier alpha value is -3.41. The van der Waals surface area contributed by atoms with Crippen LogP contribution < -0.4 is 5.32 Å². The zero-order valence-electron chi connectivity index (χ0n) is 13.5. The fourth-order valence-corrected chi connectivity index (χ4v) is 2.26. The van der Waals surface area contributed by atoms with E-state index in [1.807, 2.05) is 0 Å². The number of hydrogen-bond acceptors (Lipinski definition) is 3. The van der Waals surface area contributed by atoms with E-state index in [1.165, 1.54) is 6.08 Å². The third-order valence-corrected chi connectivity index (χ3v) is 3.47. The summed E-state index contributed by atoms with van der Waals surface area (Å²) in [6, 6.07) is 14.5. The van der Waals surface area contributed by atoms with E-state index in [2.05, 4.69) is 11.9 Å². The lowest BCUT2D eigenvalue weighted by atomic mass is 10.1. The minimum absolute atomic E-state index is 0.0410. The minimum Gasteiger partial charge on any atom is -0.479 e. The van der Waals surface area contributed by atoms with Crippen LogP contribution in [0.25, 0.3) is 0 Å². The highest BCUT2D eigenvalue weighted by Crippen LogP contribution is 2.14. The molecule has 3 amide bonds. The SMILES string of the molecule is C=CCN(C(=O)NC(C(=O)O)c1ccccc1)C(=O)c1ccccc1. The topological polar surface area (TPSA) is 86.7 Å². The van der Waals surface area contributed by atoms with E-state index in [0.29, 0.717) is 11.1 Å². The van der Waals surface area contributed by atoms with Crippen molar-refractivity contribution >= 4 is 17.9 Å². The van der Waals surface area contributed by atoms with Gasteiger partial charge in [0.15, 0.2) is 6.04 Å². The lowest BCUT2D eigenvalue weighted by Gasteiger charge is -2.23. The maximum atomic E-state index is 12.5. The van der Waals surface area contributed by atoms with Gasteiger partial charge in [-0.3, -0.25) is 9.69 Å². The van der Waals surface area contributed by atoms with E-state index in [-0.39, 0.29) is 6.54 Å². The Balaban J connectivity index is 2.23. The minimum atomic E-state index is -1.26. The molecule has 6 heteroatoms. The predicted molar refractivity (Wildman–Crippen MR) is 93.0 cm³/mol. The summed E-state index contributed by atoms with van der Waals surface area (Å²) in [7, 11) is 0. The van der Waals surface area contributed by atoms with Crippen LogP contribution in [-0.4, -0.2) is 34.5 Å². The van der Waals surface area contributed by atoms with E-state index in [0.717, 1.165) is 4.90 Å². The van der Waals surface area contributed by atoms with Crippen LogP contribution in [0, 0.1) is 0 Å². The molecule has 0 radical (unpaired) electrons. The highest BCUT2D eigenvalue weighted by molar-refractivity contribution is 6.05. The van der Waals surface area contributed by atoms with Crippen molar-refractivity contribution in [3.63, 3.8) is 0 Å². The lowest BCUT2D eigenvalue weighted by Crippen LogP contribution is -2.46. The van der Waals surface area contributed by atoms with Crippen molar-refractivity contribution in [2.45, 2.75) is 6.04 Å². The molecule has 2 aromatic carbocycles. The zero-order chi connectivity index (χ0) is 18.2. The Morgan fingerprint density at radius 1 is 1.04 bits per heavy atom. The first-order valence-corrected chi connectivity index (χ1v) is 7.60. The first-order chi connectivity index (χ1) is 12.0. The second kappa shape index (κ2) is 8.44. The lowest BCUT2D eigenvalue weighted by molar-refractivity contribution is -0.139. The van der Waals surface area contributed by atoms with Gasteiger partial charge in [-0.25, -0.2) is 9.59 Å². The van der Waals surface area contributed by atoms with Crippen LogP contribution in [-0.2, 0) is 4.79 Å². The Morgan fingerprint density at radius 2 is 1.60 bits per heavy atom. The van der Waals surface area contributed by atoms with Crippen LogP contribution in [0.4, 0.5) is 4.79 Å². The second-order valence-corrected chi connectivity index (χ2v) is 5.20. The number of urea groups is 1. The number of carbonyl (C=O) groups excluding carboxylic acids is 2. The molecule has 128 valence electrons. The molecule has 0 saturated heterocycles. The quantitative estimate of drug-likeness (QED) is 0.793. The number of hydrogen-bond donors (Lipinski definition) is 2. The zero-order valence-corrected chi connectivity index (χ0v) is 13.5. The molecule has 0 aliphatic carbocycles. The third-order valence-electron chi connectivity index (χ3n) is 3.47. The van der Waals surface area contributed by atoms with Crippen LogP contribution in [0.1, 0.15) is 22.0 Å². The molecule has 2 aromatic rings. The average molecular weight is 338 g/mol. The number of nitrogens with one attached hydrogen (secondary N) is 1. The number of carboxylic acid groups (broad SMARTS) is 1. The molecule has 0 heterocycles. The van der Waals surface area contributed by atoms with Gasteiger partial charge in [0, 0.05) is 12.1 Å². The van der Waals surface area contributed by atoms with Gasteiger partial charge in [-0.1, -0.05) is 54.6 Å². The van der Waals surface area contributed by atoms with Crippen LogP contribution in [0.2, 0.25) is 0 Å². The van der Waals surface area contributed by atoms with Gasteiger partial charge in [0.25, 0.3) is 5.91 Å². The first-order valence-electron chi connectivity index (χ1n) is 7.60. The Morgan fingerprint density at radius 3 is 2.12 bits per heavy atom. The number of carbonyl (C=O) groups is 3. The molecule has 0 fully saturated rings. The van der Waals surface area contributed by atoms with Gasteiger partial charge in [-0.05, 0) is 17.7 Å². The van der Waals surface area contributed by atoms with Crippen molar-refractivity contribution in [1.29, 1.82) is 0 Å². The molecule has 25 heavy (non-hydrogen) atoms.